The number of fused-ring (bicyclic) bond motifs is 3. The zero-order valence-corrected chi connectivity index (χ0v) is 18.4. The van der Waals surface area contributed by atoms with E-state index in [0.29, 0.717) is 13.0 Å². The molecule has 0 spiro atoms. The van der Waals surface area contributed by atoms with Crippen molar-refractivity contribution in [3.63, 3.8) is 0 Å². The highest BCUT2D eigenvalue weighted by Gasteiger charge is 2.46. The summed E-state index contributed by atoms with van der Waals surface area (Å²) >= 11 is 0. The fourth-order valence-electron chi connectivity index (χ4n) is 4.85. The monoisotopic (exact) mass is 451 g/mol. The number of carbonyl (C=O) groups excluding carboxylic acids is 2. The summed E-state index contributed by atoms with van der Waals surface area (Å²) in [5.74, 6) is 0.785. The number of hydrogen-bond donors (Lipinski definition) is 3. The number of carbonyl (C=O) groups is 2. The number of aromatic nitrogens is 1. The summed E-state index contributed by atoms with van der Waals surface area (Å²) in [6, 6.07) is 11.3. The van der Waals surface area contributed by atoms with Crippen molar-refractivity contribution in [1.29, 1.82) is 0 Å². The first-order valence-corrected chi connectivity index (χ1v) is 11.6. The van der Waals surface area contributed by atoms with Crippen molar-refractivity contribution in [2.75, 3.05) is 11.9 Å². The average molecular weight is 452 g/mol. The van der Waals surface area contributed by atoms with E-state index in [2.05, 4.69) is 15.6 Å². The Morgan fingerprint density at radius 3 is 2.79 bits per heavy atom. The van der Waals surface area contributed by atoms with Gasteiger partial charge in [0.15, 0.2) is 0 Å². The zero-order valence-electron chi connectivity index (χ0n) is 18.4. The summed E-state index contributed by atoms with van der Waals surface area (Å²) in [7, 11) is 0. The predicted octanol–water partition coefficient (Wildman–Crippen LogP) is 2.52. The molecule has 5 rings (SSSR count). The van der Waals surface area contributed by atoms with E-state index in [1.807, 2.05) is 36.4 Å². The molecule has 1 saturated heterocycles. The fraction of sp³-hybridized carbons (Fsp3) is 0.480. The van der Waals surface area contributed by atoms with Crippen LogP contribution in [0.5, 0.6) is 5.75 Å². The number of rotatable bonds is 7. The number of aliphatic hydroxyl groups excluding tert-OH is 1. The van der Waals surface area contributed by atoms with E-state index in [0.717, 1.165) is 42.0 Å². The van der Waals surface area contributed by atoms with Gasteiger partial charge in [0.2, 0.25) is 11.8 Å². The molecule has 2 aliphatic heterocycles. The van der Waals surface area contributed by atoms with Crippen LogP contribution in [-0.2, 0) is 20.9 Å². The maximum atomic E-state index is 12.5. The van der Waals surface area contributed by atoms with E-state index in [4.69, 9.17) is 9.47 Å². The Bertz CT molecular complexity index is 1010. The molecule has 3 heterocycles. The largest absolute Gasteiger partial charge is 0.487 e. The zero-order chi connectivity index (χ0) is 22.8. The van der Waals surface area contributed by atoms with Gasteiger partial charge >= 0.3 is 0 Å². The van der Waals surface area contributed by atoms with Crippen molar-refractivity contribution >= 4 is 17.5 Å². The molecule has 2 aromatic rings. The van der Waals surface area contributed by atoms with Crippen LogP contribution in [0.4, 0.5) is 5.69 Å². The minimum Gasteiger partial charge on any atom is -0.487 e. The maximum Gasteiger partial charge on any atom is 0.227 e. The van der Waals surface area contributed by atoms with Gasteiger partial charge in [0, 0.05) is 29.3 Å². The molecule has 8 nitrogen and oxygen atoms in total. The molecule has 8 heteroatoms. The van der Waals surface area contributed by atoms with Crippen molar-refractivity contribution in [3.8, 4) is 5.75 Å². The molecule has 1 saturated carbocycles. The minimum absolute atomic E-state index is 0.0138. The molecule has 174 valence electrons. The lowest BCUT2D eigenvalue weighted by Crippen LogP contribution is -2.47. The predicted molar refractivity (Wildman–Crippen MR) is 121 cm³/mol. The molecule has 1 aliphatic carbocycles. The van der Waals surface area contributed by atoms with Crippen LogP contribution < -0.4 is 15.4 Å². The van der Waals surface area contributed by atoms with Crippen LogP contribution >= 0.6 is 0 Å². The van der Waals surface area contributed by atoms with E-state index in [-0.39, 0.29) is 48.9 Å². The number of anilines is 1. The molecule has 0 unspecified atom stereocenters. The number of pyridine rings is 1. The highest BCUT2D eigenvalue weighted by molar-refractivity contribution is 5.93. The first-order valence-electron chi connectivity index (χ1n) is 11.6. The Morgan fingerprint density at radius 2 is 2.06 bits per heavy atom. The summed E-state index contributed by atoms with van der Waals surface area (Å²) in [4.78, 5) is 29.1. The normalized spacial score (nSPS) is 25.8. The Labute approximate surface area is 192 Å². The van der Waals surface area contributed by atoms with Crippen molar-refractivity contribution in [2.45, 2.75) is 62.9 Å². The highest BCUT2D eigenvalue weighted by atomic mass is 16.6. The van der Waals surface area contributed by atoms with Gasteiger partial charge in [-0.05, 0) is 49.6 Å². The molecule has 2 amide bonds. The lowest BCUT2D eigenvalue weighted by Gasteiger charge is -2.37. The summed E-state index contributed by atoms with van der Waals surface area (Å²) < 4.78 is 12.1. The van der Waals surface area contributed by atoms with Crippen molar-refractivity contribution in [1.82, 2.24) is 10.3 Å². The van der Waals surface area contributed by atoms with Crippen LogP contribution in [0.3, 0.4) is 0 Å². The number of amides is 2. The van der Waals surface area contributed by atoms with E-state index >= 15 is 0 Å². The van der Waals surface area contributed by atoms with Crippen LogP contribution in [-0.4, -0.2) is 46.8 Å². The number of nitrogens with one attached hydrogen (secondary N) is 2. The second-order valence-electron chi connectivity index (χ2n) is 9.08. The molecule has 1 aromatic carbocycles. The molecule has 33 heavy (non-hydrogen) atoms. The van der Waals surface area contributed by atoms with Gasteiger partial charge in [0.1, 0.15) is 18.0 Å². The van der Waals surface area contributed by atoms with Crippen LogP contribution in [0.2, 0.25) is 0 Å². The molecule has 1 aromatic heterocycles. The average Bonchev–Trinajstić information content (AvgIpc) is 3.14. The Balaban J connectivity index is 1.25. The summed E-state index contributed by atoms with van der Waals surface area (Å²) in [6.07, 6.45) is 4.33. The summed E-state index contributed by atoms with van der Waals surface area (Å²) in [5, 5.41) is 15.8. The van der Waals surface area contributed by atoms with Gasteiger partial charge in [0.25, 0.3) is 0 Å². The Morgan fingerprint density at radius 1 is 1.18 bits per heavy atom. The first kappa shape index (κ1) is 21.9. The summed E-state index contributed by atoms with van der Waals surface area (Å²) in [6.45, 7) is 0.171. The van der Waals surface area contributed by atoms with Crippen LogP contribution in [0.15, 0.2) is 42.6 Å². The van der Waals surface area contributed by atoms with Crippen LogP contribution in [0, 0.1) is 5.92 Å². The maximum absolute atomic E-state index is 12.5. The van der Waals surface area contributed by atoms with E-state index in [1.54, 1.807) is 6.20 Å². The minimum atomic E-state index is -0.516. The molecule has 2 fully saturated rings. The summed E-state index contributed by atoms with van der Waals surface area (Å²) in [5.41, 5.74) is 2.54. The van der Waals surface area contributed by atoms with Crippen molar-refractivity contribution in [3.05, 3.63) is 53.9 Å². The Kier molecular flexibility index (Phi) is 6.28. The molecular formula is C25H29N3O5. The van der Waals surface area contributed by atoms with E-state index in [1.165, 1.54) is 0 Å². The fourth-order valence-corrected chi connectivity index (χ4v) is 4.85. The smallest absolute Gasteiger partial charge is 0.227 e. The lowest BCUT2D eigenvalue weighted by molar-refractivity contribution is -0.142. The van der Waals surface area contributed by atoms with Gasteiger partial charge in [-0.1, -0.05) is 12.5 Å². The van der Waals surface area contributed by atoms with Gasteiger partial charge in [-0.25, -0.2) is 0 Å². The van der Waals surface area contributed by atoms with Crippen molar-refractivity contribution in [2.24, 2.45) is 5.92 Å². The molecule has 0 radical (unpaired) electrons. The molecule has 4 atom stereocenters. The molecule has 0 bridgehead atoms. The van der Waals surface area contributed by atoms with Crippen LogP contribution in [0.1, 0.15) is 49.3 Å². The SMILES string of the molecule is O=C(C[C@@H]1C[C@@H]2c3cc(NC(=O)C4CCC4)ccc3O[C@@H]2[C@@H](CO)O1)NCc1ccccn1. The molecule has 3 aliphatic rings. The second kappa shape index (κ2) is 9.49. The number of nitrogens with zero attached hydrogens (tertiary/aromatic N) is 1. The number of aliphatic hydroxyl groups is 1. The van der Waals surface area contributed by atoms with Gasteiger partial charge in [-0.2, -0.15) is 0 Å². The molecule has 3 N–H and O–H groups in total. The van der Waals surface area contributed by atoms with Crippen LogP contribution in [0.25, 0.3) is 0 Å². The number of hydrogen-bond acceptors (Lipinski definition) is 6. The quantitative estimate of drug-likeness (QED) is 0.597. The third-order valence-electron chi connectivity index (χ3n) is 6.85. The van der Waals surface area contributed by atoms with Gasteiger partial charge in [0.05, 0.1) is 31.4 Å². The topological polar surface area (TPSA) is 110 Å². The third kappa shape index (κ3) is 4.72. The number of ether oxygens (including phenoxy) is 2. The number of benzene rings is 1. The van der Waals surface area contributed by atoms with E-state index in [9.17, 15) is 14.7 Å². The first-order chi connectivity index (χ1) is 16.1. The standard InChI is InChI=1S/C25H29N3O5/c29-14-22-24-20(11-18(32-22)12-23(30)27-13-17-6-1-2-9-26-17)19-10-16(7-8-21(19)33-24)28-25(31)15-4-3-5-15/h1-2,6-10,15,18,20,22,24,29H,3-5,11-14H2,(H,27,30)(H,28,31)/t18-,20+,22+,24-/m0/s1. The molecular weight excluding hydrogens is 422 g/mol. The van der Waals surface area contributed by atoms with Gasteiger partial charge in [-0.15, -0.1) is 0 Å². The van der Waals surface area contributed by atoms with Gasteiger partial charge < -0.3 is 25.2 Å². The van der Waals surface area contributed by atoms with Gasteiger partial charge in [-0.3, -0.25) is 14.6 Å². The van der Waals surface area contributed by atoms with Crippen molar-refractivity contribution < 1.29 is 24.2 Å². The highest BCUT2D eigenvalue weighted by Crippen LogP contribution is 2.47. The van der Waals surface area contributed by atoms with E-state index < -0.39 is 6.10 Å². The Hall–Kier alpha value is -2.97. The third-order valence-corrected chi connectivity index (χ3v) is 6.85. The lowest BCUT2D eigenvalue weighted by atomic mass is 9.83. The second-order valence-corrected chi connectivity index (χ2v) is 9.08.